The van der Waals surface area contributed by atoms with Gasteiger partial charge in [-0.3, -0.25) is 15.4 Å². The topological polar surface area (TPSA) is 425 Å². The lowest BCUT2D eigenvalue weighted by molar-refractivity contribution is -0.400. The van der Waals surface area contributed by atoms with Gasteiger partial charge in [-0.05, 0) is 87.7 Å². The number of guanidine groups is 1. The van der Waals surface area contributed by atoms with Gasteiger partial charge in [-0.1, -0.05) is 29.3 Å². The number of aliphatic hydroxyl groups excluding tert-OH is 5. The predicted molar refractivity (Wildman–Crippen MR) is 295 cm³/mol. The molecule has 0 unspecified atom stereocenters. The Morgan fingerprint density at radius 2 is 1.78 bits per heavy atom. The molecule has 0 amide bonds. The number of nitrogens with one attached hydrogen (secondary N) is 5. The van der Waals surface area contributed by atoms with E-state index in [-0.39, 0.29) is 59.9 Å². The number of rotatable bonds is 26. The lowest BCUT2D eigenvalue weighted by Gasteiger charge is -2.59. The number of piperidine rings is 1. The van der Waals surface area contributed by atoms with Crippen molar-refractivity contribution in [2.45, 2.75) is 112 Å². The highest BCUT2D eigenvalue weighted by atomic mass is 16.8. The third-order valence-electron chi connectivity index (χ3n) is 14.7. The fraction of sp³-hybridized carbons (Fsp3) is 0.429. The van der Waals surface area contributed by atoms with Gasteiger partial charge in [0.1, 0.15) is 60.5 Å². The maximum Gasteiger partial charge on any atom is 0.337 e. The number of benzene rings is 3. The number of phenols is 1. The number of ether oxygens (including phenoxy) is 3. The summed E-state index contributed by atoms with van der Waals surface area (Å²) in [6.45, 7) is -0.390. The number of carboxylic acid groups (broad SMARTS) is 1. The number of aromatic hydroxyl groups is 1. The molecule has 0 spiro atoms. The number of aromatic nitrogens is 2. The van der Waals surface area contributed by atoms with E-state index in [1.54, 1.807) is 12.3 Å². The Labute approximate surface area is 473 Å². The number of aliphatic carboxylic acids is 1. The molecule has 2 aliphatic heterocycles. The van der Waals surface area contributed by atoms with Crippen molar-refractivity contribution < 1.29 is 88.6 Å². The van der Waals surface area contributed by atoms with Crippen LogP contribution in [0.4, 0.5) is 0 Å². The summed E-state index contributed by atoms with van der Waals surface area (Å²) in [5.41, 5.74) is -0.799. The number of hydrogen-bond donors (Lipinski definition) is 15. The molecule has 3 aromatic carbocycles. The molecular weight excluding hydrogens is 1090 g/mol. The molecule has 16 N–H and O–H groups in total. The Hall–Kier alpha value is -7.80. The smallest absolute Gasteiger partial charge is 0.337 e. The summed E-state index contributed by atoms with van der Waals surface area (Å²) >= 11 is 0. The van der Waals surface area contributed by atoms with Gasteiger partial charge in [0.05, 0.1) is 35.4 Å². The number of aliphatic hydroxyl groups is 7. The van der Waals surface area contributed by atoms with Crippen molar-refractivity contribution >= 4 is 52.3 Å². The second kappa shape index (κ2) is 26.2. The molecule has 11 atom stereocenters. The van der Waals surface area contributed by atoms with Crippen LogP contribution in [0.5, 0.6) is 11.5 Å². The fourth-order valence-corrected chi connectivity index (χ4v) is 10.6. The van der Waals surface area contributed by atoms with Crippen molar-refractivity contribution in [3.05, 3.63) is 107 Å². The van der Waals surface area contributed by atoms with Crippen LogP contribution in [-0.2, 0) is 28.7 Å². The van der Waals surface area contributed by atoms with Crippen molar-refractivity contribution in [1.82, 2.24) is 31.0 Å². The zero-order valence-corrected chi connectivity index (χ0v) is 45.2. The highest BCUT2D eigenvalue weighted by Crippen LogP contribution is 2.47. The van der Waals surface area contributed by atoms with Gasteiger partial charge in [0, 0.05) is 61.8 Å². The third kappa shape index (κ3) is 12.9. The first-order valence-electron chi connectivity index (χ1n) is 26.6. The monoisotopic (exact) mass is 1160 g/mol. The molecule has 2 saturated heterocycles. The number of esters is 1. The van der Waals surface area contributed by atoms with Crippen molar-refractivity contribution in [3.8, 4) is 33.9 Å². The second-order valence-corrected chi connectivity index (χ2v) is 20.6. The van der Waals surface area contributed by atoms with Crippen molar-refractivity contribution in [2.75, 3.05) is 39.5 Å². The van der Waals surface area contributed by atoms with Crippen molar-refractivity contribution in [3.63, 3.8) is 0 Å². The molecule has 0 radical (unpaired) electrons. The average Bonchev–Trinajstić information content (AvgIpc) is 1.07. The first-order chi connectivity index (χ1) is 39.7. The van der Waals surface area contributed by atoms with Gasteiger partial charge >= 0.3 is 11.9 Å². The zero-order valence-electron chi connectivity index (χ0n) is 45.2. The van der Waals surface area contributed by atoms with Crippen LogP contribution in [0.2, 0.25) is 0 Å². The molecule has 8 rings (SSSR count). The number of carboxylic acids is 1. The van der Waals surface area contributed by atoms with Gasteiger partial charge in [0.15, 0.2) is 28.7 Å². The van der Waals surface area contributed by atoms with E-state index in [0.29, 0.717) is 53.3 Å². The van der Waals surface area contributed by atoms with Crippen LogP contribution < -0.4 is 42.0 Å². The van der Waals surface area contributed by atoms with E-state index >= 15 is 0 Å². The lowest BCUT2D eigenvalue weighted by atomic mass is 9.66. The molecule has 0 bridgehead atoms. The van der Waals surface area contributed by atoms with E-state index in [0.717, 1.165) is 11.1 Å². The number of aldehydes is 2. The van der Waals surface area contributed by atoms with E-state index < -0.39 is 116 Å². The normalized spacial score (nSPS) is 23.9. The number of aliphatic imine (C=N–C) groups is 1. The van der Waals surface area contributed by atoms with Crippen LogP contribution in [0.3, 0.4) is 0 Å². The first kappa shape index (κ1) is 61.3. The van der Waals surface area contributed by atoms with E-state index in [1.165, 1.54) is 59.7 Å². The van der Waals surface area contributed by atoms with Gasteiger partial charge in [-0.15, -0.1) is 0 Å². The largest absolute Gasteiger partial charge is 0.508 e. The number of hydrogen-bond acceptors (Lipinski definition) is 22. The zero-order chi connectivity index (χ0) is 59.8. The van der Waals surface area contributed by atoms with Crippen LogP contribution in [-0.4, -0.2) is 191 Å². The summed E-state index contributed by atoms with van der Waals surface area (Å²) in [6, 6.07) is 12.9. The predicted octanol–water partition coefficient (Wildman–Crippen LogP) is -1.08. The van der Waals surface area contributed by atoms with Crippen LogP contribution in [0.1, 0.15) is 43.2 Å². The SMILES string of the molecule is Cc1cc(C)cc(-c2c3[nH]ccc3cn2O[C@@H]2[C@@H](Oc3ccc4c(=O)c(-c5ccc(O)cc5)coc4c3)O[C@@H]([C@](CO)(NC(N)=N[C@H](C=O)CN[C@@H]3CCN[C@@H](O)C3)OC(=O)[C@H](NCCC=O)C(=O)O)[C@@](O)(CO)[C@]2(O)[C@H](O)CCCO)c1. The van der Waals surface area contributed by atoms with E-state index in [1.807, 2.05) is 32.0 Å². The van der Waals surface area contributed by atoms with Crippen LogP contribution >= 0.6 is 0 Å². The van der Waals surface area contributed by atoms with Gasteiger partial charge in [0.25, 0.3) is 0 Å². The Kier molecular flexibility index (Phi) is 19.3. The van der Waals surface area contributed by atoms with E-state index in [2.05, 4.69) is 31.2 Å². The van der Waals surface area contributed by atoms with Gasteiger partial charge < -0.3 is 100 Å². The summed E-state index contributed by atoms with van der Waals surface area (Å²) in [6.07, 6.45) is -5.78. The number of aromatic amines is 1. The molecular formula is C56H68N8O19. The molecule has 6 aromatic rings. The minimum absolute atomic E-state index is 0.0290. The first-order valence-corrected chi connectivity index (χ1v) is 26.6. The molecule has 3 aromatic heterocycles. The Morgan fingerprint density at radius 3 is 2.45 bits per heavy atom. The molecule has 5 heterocycles. The quantitative estimate of drug-likeness (QED) is 0.00584. The Balaban J connectivity index is 1.32. The molecule has 446 valence electrons. The number of aryl methyl sites for hydroxylation is 2. The average molecular weight is 1160 g/mol. The maximum absolute atomic E-state index is 14.4. The number of carbonyl (C=O) groups is 4. The Bertz CT molecular complexity index is 3330. The molecule has 0 saturated carbocycles. The molecule has 2 aliphatic rings. The van der Waals surface area contributed by atoms with Crippen LogP contribution in [0, 0.1) is 13.8 Å². The number of phenolic OH excluding ortho intramolecular Hbond substituents is 1. The molecule has 27 nitrogen and oxygen atoms in total. The van der Waals surface area contributed by atoms with E-state index in [9.17, 15) is 69.9 Å². The van der Waals surface area contributed by atoms with Crippen LogP contribution in [0.25, 0.3) is 44.3 Å². The van der Waals surface area contributed by atoms with Gasteiger partial charge in [-0.2, -0.15) is 4.73 Å². The molecule has 0 aliphatic carbocycles. The standard InChI is InChI=1S/C56H68N8O19/c1-30-19-31(2)21-34(20-30)46-44-33(12-15-60-44)25-64(46)83-48-51(80-38-10-11-39-41(23-38)79-27-40(47(39)73)32-6-8-37(70)9-7-32)81-52(54(77,28-68)56(48,78)42(71)5-3-17-65)55(29-69,82-50(76)45(49(74)75)59-14-4-18-66)63-53(57)62-36(26-67)24-61-35-13-16-58-43(72)22-35/h6-12,15,18-21,23,25-27,35-36,42-43,45,48,51-52,58-61,65,68-72,77-78H,3-5,13-14,16-17,22,24,28-29H2,1-2H3,(H,74,75)(H3,57,62,63)/t35-,36+,42-,43+,45-,48-,51+,52-,54+,55-,56+/m1/s1. The molecule has 2 fully saturated rings. The summed E-state index contributed by atoms with van der Waals surface area (Å²) in [7, 11) is 0. The number of H-pyrrole nitrogens is 1. The second-order valence-electron chi connectivity index (χ2n) is 20.6. The number of nitrogens with zero attached hydrogens (tertiary/aromatic N) is 2. The van der Waals surface area contributed by atoms with E-state index in [4.69, 9.17) is 29.2 Å². The number of nitrogens with two attached hydrogens (primary N) is 1. The van der Waals surface area contributed by atoms with Gasteiger partial charge in [0.2, 0.25) is 24.2 Å². The lowest BCUT2D eigenvalue weighted by Crippen LogP contribution is -2.86. The van der Waals surface area contributed by atoms with Crippen LogP contribution in [0.15, 0.2) is 99.6 Å². The Morgan fingerprint density at radius 1 is 1.04 bits per heavy atom. The number of fused-ring (bicyclic) bond motifs is 2. The summed E-state index contributed by atoms with van der Waals surface area (Å²) in [5.74, 6) is -4.79. The minimum atomic E-state index is -3.54. The molecule has 83 heavy (non-hydrogen) atoms. The summed E-state index contributed by atoms with van der Waals surface area (Å²) in [5, 5.41) is 115. The van der Waals surface area contributed by atoms with Crippen molar-refractivity contribution in [2.24, 2.45) is 10.7 Å². The minimum Gasteiger partial charge on any atom is -0.508 e. The fourth-order valence-electron chi connectivity index (χ4n) is 10.6. The summed E-state index contributed by atoms with van der Waals surface area (Å²) in [4.78, 5) is 79.2. The third-order valence-corrected chi connectivity index (χ3v) is 14.7. The van der Waals surface area contributed by atoms with Gasteiger partial charge in [-0.25, -0.2) is 14.6 Å². The number of carbonyl (C=O) groups excluding carboxylic acids is 3. The highest BCUT2D eigenvalue weighted by Gasteiger charge is 2.75. The summed E-state index contributed by atoms with van der Waals surface area (Å²) < 4.78 is 26.2. The highest BCUT2D eigenvalue weighted by molar-refractivity contribution is 5.98. The van der Waals surface area contributed by atoms with Crippen molar-refractivity contribution in [1.29, 1.82) is 0 Å². The maximum atomic E-state index is 14.4. The molecule has 27 heteroatoms.